The fraction of sp³-hybridized carbons (Fsp3) is 0.684. The summed E-state index contributed by atoms with van der Waals surface area (Å²) in [6.07, 6.45) is 15.0. The molecule has 1 unspecified atom stereocenters. The van der Waals surface area contributed by atoms with Crippen molar-refractivity contribution in [3.05, 3.63) is 34.9 Å². The van der Waals surface area contributed by atoms with Gasteiger partial charge in [-0.1, -0.05) is 47.8 Å². The Morgan fingerprint density at radius 1 is 0.786 bits per heavy atom. The molecular formula is C19H36O7P2. The zero-order valence-electron chi connectivity index (χ0n) is 17.5. The molecule has 0 rings (SSSR count). The van der Waals surface area contributed by atoms with Crippen molar-refractivity contribution < 1.29 is 32.6 Å². The lowest BCUT2D eigenvalue weighted by Gasteiger charge is -2.11. The Balaban J connectivity index is 3.97. The molecular weight excluding hydrogens is 402 g/mol. The van der Waals surface area contributed by atoms with E-state index in [2.05, 4.69) is 41.8 Å². The van der Waals surface area contributed by atoms with Gasteiger partial charge in [0.2, 0.25) is 0 Å². The summed E-state index contributed by atoms with van der Waals surface area (Å²) >= 11 is 0. The predicted molar refractivity (Wildman–Crippen MR) is 113 cm³/mol. The lowest BCUT2D eigenvalue weighted by Crippen LogP contribution is -1.94. The van der Waals surface area contributed by atoms with E-state index >= 15 is 0 Å². The third kappa shape index (κ3) is 18.8. The third-order valence-corrected chi connectivity index (χ3v) is 6.14. The Bertz CT molecular complexity index is 628. The average molecular weight is 438 g/mol. The molecule has 0 heterocycles. The van der Waals surface area contributed by atoms with Crippen molar-refractivity contribution in [1.29, 1.82) is 0 Å². The highest BCUT2D eigenvalue weighted by atomic mass is 31.3. The van der Waals surface area contributed by atoms with Gasteiger partial charge in [0.15, 0.2) is 0 Å². The monoisotopic (exact) mass is 438 g/mol. The fourth-order valence-corrected chi connectivity index (χ4v) is 4.00. The molecule has 28 heavy (non-hydrogen) atoms. The quantitative estimate of drug-likeness (QED) is 0.159. The molecule has 0 amide bonds. The van der Waals surface area contributed by atoms with Crippen molar-refractivity contribution in [1.82, 2.24) is 0 Å². The molecule has 0 radical (unpaired) electrons. The molecule has 0 aromatic heterocycles. The number of hydrogen-bond donors (Lipinski definition) is 3. The summed E-state index contributed by atoms with van der Waals surface area (Å²) in [6, 6.07) is 0. The topological polar surface area (TPSA) is 113 Å². The summed E-state index contributed by atoms with van der Waals surface area (Å²) in [5.74, 6) is 0. The van der Waals surface area contributed by atoms with Crippen molar-refractivity contribution in [3.8, 4) is 0 Å². The van der Waals surface area contributed by atoms with Gasteiger partial charge in [0.25, 0.3) is 0 Å². The summed E-state index contributed by atoms with van der Waals surface area (Å²) in [5.41, 5.74) is 3.71. The highest BCUT2D eigenvalue weighted by molar-refractivity contribution is 7.60. The highest BCUT2D eigenvalue weighted by Crippen LogP contribution is 2.57. The molecule has 0 aromatic carbocycles. The molecule has 164 valence electrons. The predicted octanol–water partition coefficient (Wildman–Crippen LogP) is 6.19. The van der Waals surface area contributed by atoms with Gasteiger partial charge in [-0.3, -0.25) is 4.52 Å². The molecule has 0 aliphatic carbocycles. The highest BCUT2D eigenvalue weighted by Gasteiger charge is 2.31. The maximum Gasteiger partial charge on any atom is 0.481 e. The van der Waals surface area contributed by atoms with Crippen molar-refractivity contribution in [2.45, 2.75) is 79.1 Å². The Morgan fingerprint density at radius 3 is 2.00 bits per heavy atom. The number of phosphoric acid groups is 2. The van der Waals surface area contributed by atoms with Crippen LogP contribution >= 0.6 is 15.6 Å². The van der Waals surface area contributed by atoms with Crippen LogP contribution in [0.3, 0.4) is 0 Å². The molecule has 0 spiro atoms. The van der Waals surface area contributed by atoms with E-state index in [9.17, 15) is 9.13 Å². The van der Waals surface area contributed by atoms with Crippen LogP contribution in [0.15, 0.2) is 34.9 Å². The molecule has 7 nitrogen and oxygen atoms in total. The zero-order valence-corrected chi connectivity index (χ0v) is 19.3. The molecule has 3 N–H and O–H groups in total. The summed E-state index contributed by atoms with van der Waals surface area (Å²) in [5, 5.41) is 0. The van der Waals surface area contributed by atoms with E-state index in [4.69, 9.17) is 14.7 Å². The molecule has 0 fully saturated rings. The Labute approximate surface area is 169 Å². The number of phosphoric ester groups is 1. The van der Waals surface area contributed by atoms with Crippen LogP contribution in [0.2, 0.25) is 0 Å². The van der Waals surface area contributed by atoms with Crippen LogP contribution in [0.25, 0.3) is 0 Å². The van der Waals surface area contributed by atoms with E-state index in [0.29, 0.717) is 0 Å². The van der Waals surface area contributed by atoms with Crippen LogP contribution in [0, 0.1) is 0 Å². The first-order valence-electron chi connectivity index (χ1n) is 9.60. The smallest absolute Gasteiger partial charge is 0.302 e. The van der Waals surface area contributed by atoms with E-state index in [0.717, 1.165) is 24.8 Å². The normalized spacial score (nSPS) is 15.4. The summed E-state index contributed by atoms with van der Waals surface area (Å²) in [7, 11) is -9.83. The van der Waals surface area contributed by atoms with Gasteiger partial charge < -0.3 is 14.7 Å². The minimum Gasteiger partial charge on any atom is -0.302 e. The maximum atomic E-state index is 11.3. The van der Waals surface area contributed by atoms with Crippen LogP contribution < -0.4 is 0 Å². The second kappa shape index (κ2) is 14.5. The second-order valence-electron chi connectivity index (χ2n) is 7.21. The first-order chi connectivity index (χ1) is 12.9. The number of unbranched alkanes of at least 4 members (excludes halogenated alkanes) is 4. The number of hydrogen-bond acceptors (Lipinski definition) is 4. The van der Waals surface area contributed by atoms with Gasteiger partial charge in [0, 0.05) is 0 Å². The maximum absolute atomic E-state index is 11.3. The average Bonchev–Trinajstić information content (AvgIpc) is 2.51. The Kier molecular flexibility index (Phi) is 14.2. The summed E-state index contributed by atoms with van der Waals surface area (Å²) < 4.78 is 30.1. The molecule has 1 atom stereocenters. The molecule has 0 aliphatic heterocycles. The molecule has 9 heteroatoms. The van der Waals surface area contributed by atoms with Gasteiger partial charge in [-0.15, -0.1) is 0 Å². The Morgan fingerprint density at radius 2 is 1.39 bits per heavy atom. The van der Waals surface area contributed by atoms with Crippen LogP contribution in [0.1, 0.15) is 79.1 Å². The van der Waals surface area contributed by atoms with E-state index in [1.807, 2.05) is 6.92 Å². The molecule has 0 aliphatic rings. The van der Waals surface area contributed by atoms with Gasteiger partial charge in [-0.25, -0.2) is 9.13 Å². The first-order valence-corrected chi connectivity index (χ1v) is 12.6. The van der Waals surface area contributed by atoms with Gasteiger partial charge in [-0.05, 0) is 66.2 Å². The lowest BCUT2D eigenvalue weighted by atomic mass is 10.0. The number of rotatable bonds is 15. The molecule has 0 saturated heterocycles. The van der Waals surface area contributed by atoms with Gasteiger partial charge in [0.05, 0.1) is 6.61 Å². The SMILES string of the molecule is CC(C)=CCCCCCC/C(C)=C/CC/C(C)=C/COP(=O)(O)OP(=O)(O)O. The Hall–Kier alpha value is -0.520. The summed E-state index contributed by atoms with van der Waals surface area (Å²) in [6.45, 7) is 8.00. The van der Waals surface area contributed by atoms with Crippen molar-refractivity contribution in [3.63, 3.8) is 0 Å². The fourth-order valence-electron chi connectivity index (χ4n) is 2.47. The van der Waals surface area contributed by atoms with Crippen molar-refractivity contribution >= 4 is 15.6 Å². The zero-order chi connectivity index (χ0) is 21.6. The van der Waals surface area contributed by atoms with Crippen LogP contribution in [0.5, 0.6) is 0 Å². The molecule has 0 aromatic rings. The lowest BCUT2D eigenvalue weighted by molar-refractivity contribution is 0.191. The first kappa shape index (κ1) is 27.5. The van der Waals surface area contributed by atoms with Crippen LogP contribution in [0.4, 0.5) is 0 Å². The van der Waals surface area contributed by atoms with E-state index in [1.54, 1.807) is 6.08 Å². The minimum absolute atomic E-state index is 0.255. The third-order valence-electron chi connectivity index (χ3n) is 3.99. The molecule has 0 bridgehead atoms. The second-order valence-corrected chi connectivity index (χ2v) is 10.0. The summed E-state index contributed by atoms with van der Waals surface area (Å²) in [4.78, 5) is 26.2. The van der Waals surface area contributed by atoms with Crippen LogP contribution in [-0.2, 0) is 18.0 Å². The largest absolute Gasteiger partial charge is 0.481 e. The van der Waals surface area contributed by atoms with Crippen molar-refractivity contribution in [2.75, 3.05) is 6.61 Å². The standard InChI is InChI=1S/C19H36O7P2/c1-17(2)11-8-6-5-7-9-12-18(3)13-10-14-19(4)15-16-25-28(23,24)26-27(20,21)22/h11,13,15H,5-10,12,14,16H2,1-4H3,(H,23,24)(H2,20,21,22)/b18-13+,19-15+. The van der Waals surface area contributed by atoms with E-state index < -0.39 is 15.6 Å². The minimum atomic E-state index is -5.07. The van der Waals surface area contributed by atoms with E-state index in [-0.39, 0.29) is 6.61 Å². The van der Waals surface area contributed by atoms with Gasteiger partial charge >= 0.3 is 15.6 Å². The van der Waals surface area contributed by atoms with Crippen molar-refractivity contribution in [2.24, 2.45) is 0 Å². The van der Waals surface area contributed by atoms with Crippen LogP contribution in [-0.4, -0.2) is 21.3 Å². The van der Waals surface area contributed by atoms with Gasteiger partial charge in [-0.2, -0.15) is 4.31 Å². The molecule has 0 saturated carbocycles. The van der Waals surface area contributed by atoms with E-state index in [1.165, 1.54) is 43.3 Å². The van der Waals surface area contributed by atoms with Gasteiger partial charge in [0.1, 0.15) is 0 Å². The number of allylic oxidation sites excluding steroid dienone is 5.